The van der Waals surface area contributed by atoms with E-state index in [1.807, 2.05) is 6.92 Å². The van der Waals surface area contributed by atoms with Gasteiger partial charge in [0.2, 0.25) is 5.91 Å². The molecule has 0 heterocycles. The van der Waals surface area contributed by atoms with E-state index in [9.17, 15) is 19.3 Å². The SMILES string of the molecule is CC(c1ccc(F)cc1)N(C)C(=O)CNc1ccc(Cl)c([N+](=O)[O-])c1. The second kappa shape index (κ2) is 7.94. The number of anilines is 1. The fourth-order valence-electron chi connectivity index (χ4n) is 2.25. The molecule has 0 aliphatic carbocycles. The van der Waals surface area contributed by atoms with Gasteiger partial charge in [-0.1, -0.05) is 23.7 Å². The number of hydrogen-bond donors (Lipinski definition) is 1. The number of nitro groups is 1. The van der Waals surface area contributed by atoms with Gasteiger partial charge in [-0.25, -0.2) is 4.39 Å². The predicted octanol–water partition coefficient (Wildman–Crippen LogP) is 4.02. The molecule has 0 aliphatic rings. The van der Waals surface area contributed by atoms with Gasteiger partial charge in [-0.15, -0.1) is 0 Å². The Hall–Kier alpha value is -2.67. The summed E-state index contributed by atoms with van der Waals surface area (Å²) in [5.41, 5.74) is 0.999. The molecule has 0 fully saturated rings. The Balaban J connectivity index is 2.00. The number of likely N-dealkylation sites (N-methyl/N-ethyl adjacent to an activating group) is 1. The molecule has 1 unspecified atom stereocenters. The Labute approximate surface area is 149 Å². The summed E-state index contributed by atoms with van der Waals surface area (Å²) in [5, 5.41) is 13.8. The molecule has 132 valence electrons. The van der Waals surface area contributed by atoms with Crippen molar-refractivity contribution in [1.82, 2.24) is 4.90 Å². The minimum Gasteiger partial charge on any atom is -0.376 e. The standard InChI is InChI=1S/C17H17ClFN3O3/c1-11(12-3-5-13(19)6-4-12)21(2)17(23)10-20-14-7-8-15(18)16(9-14)22(24)25/h3-9,11,20H,10H2,1-2H3. The number of nitrogens with zero attached hydrogens (tertiary/aromatic N) is 2. The first-order valence-corrected chi connectivity index (χ1v) is 7.86. The van der Waals surface area contributed by atoms with Crippen molar-refractivity contribution in [3.8, 4) is 0 Å². The van der Waals surface area contributed by atoms with E-state index < -0.39 is 4.92 Å². The topological polar surface area (TPSA) is 75.5 Å². The van der Waals surface area contributed by atoms with E-state index in [2.05, 4.69) is 5.32 Å². The summed E-state index contributed by atoms with van der Waals surface area (Å²) in [4.78, 5) is 24.1. The Bertz CT molecular complexity index is 783. The van der Waals surface area contributed by atoms with Gasteiger partial charge in [-0.2, -0.15) is 0 Å². The Morgan fingerprint density at radius 3 is 2.56 bits per heavy atom. The quantitative estimate of drug-likeness (QED) is 0.619. The molecule has 25 heavy (non-hydrogen) atoms. The van der Waals surface area contributed by atoms with Crippen LogP contribution in [0, 0.1) is 15.9 Å². The van der Waals surface area contributed by atoms with Crippen LogP contribution in [0.1, 0.15) is 18.5 Å². The third-order valence-electron chi connectivity index (χ3n) is 3.91. The molecule has 0 aromatic heterocycles. The van der Waals surface area contributed by atoms with Crippen LogP contribution in [0.15, 0.2) is 42.5 Å². The molecule has 2 rings (SSSR count). The summed E-state index contributed by atoms with van der Waals surface area (Å²) in [7, 11) is 1.64. The highest BCUT2D eigenvalue weighted by Gasteiger charge is 2.18. The van der Waals surface area contributed by atoms with Crippen molar-refractivity contribution in [2.75, 3.05) is 18.9 Å². The van der Waals surface area contributed by atoms with E-state index >= 15 is 0 Å². The molecule has 8 heteroatoms. The summed E-state index contributed by atoms with van der Waals surface area (Å²) in [6.07, 6.45) is 0. The van der Waals surface area contributed by atoms with E-state index in [-0.39, 0.29) is 35.0 Å². The average molecular weight is 366 g/mol. The summed E-state index contributed by atoms with van der Waals surface area (Å²) in [5.74, 6) is -0.551. The molecule has 0 aliphatic heterocycles. The lowest BCUT2D eigenvalue weighted by Gasteiger charge is -2.25. The van der Waals surface area contributed by atoms with Gasteiger partial charge < -0.3 is 10.2 Å². The lowest BCUT2D eigenvalue weighted by molar-refractivity contribution is -0.384. The summed E-state index contributed by atoms with van der Waals surface area (Å²) in [6, 6.07) is 9.93. The molecule has 2 aromatic rings. The third-order valence-corrected chi connectivity index (χ3v) is 4.23. The van der Waals surface area contributed by atoms with Gasteiger partial charge in [0.15, 0.2) is 0 Å². The number of hydrogen-bond acceptors (Lipinski definition) is 4. The minimum absolute atomic E-state index is 0.0314. The van der Waals surface area contributed by atoms with Gasteiger partial charge in [-0.3, -0.25) is 14.9 Å². The first kappa shape index (κ1) is 18.7. The van der Waals surface area contributed by atoms with E-state index in [0.717, 1.165) is 5.56 Å². The maximum absolute atomic E-state index is 13.0. The smallest absolute Gasteiger partial charge is 0.289 e. The summed E-state index contributed by atoms with van der Waals surface area (Å²) >= 11 is 5.75. The van der Waals surface area contributed by atoms with Crippen molar-refractivity contribution in [2.45, 2.75) is 13.0 Å². The maximum atomic E-state index is 13.0. The Kier molecular flexibility index (Phi) is 5.93. The van der Waals surface area contributed by atoms with Crippen LogP contribution in [0.25, 0.3) is 0 Å². The Morgan fingerprint density at radius 1 is 1.32 bits per heavy atom. The molecular weight excluding hydrogens is 349 g/mol. The Morgan fingerprint density at radius 2 is 1.96 bits per heavy atom. The lowest BCUT2D eigenvalue weighted by atomic mass is 10.1. The van der Waals surface area contributed by atoms with E-state index in [4.69, 9.17) is 11.6 Å². The van der Waals surface area contributed by atoms with Gasteiger partial charge in [0, 0.05) is 18.8 Å². The fourth-order valence-corrected chi connectivity index (χ4v) is 2.43. The second-order valence-corrected chi connectivity index (χ2v) is 5.92. The molecule has 2 aromatic carbocycles. The highest BCUT2D eigenvalue weighted by Crippen LogP contribution is 2.27. The lowest BCUT2D eigenvalue weighted by Crippen LogP contribution is -2.34. The minimum atomic E-state index is -0.585. The highest BCUT2D eigenvalue weighted by atomic mass is 35.5. The van der Waals surface area contributed by atoms with Crippen LogP contribution in [0.2, 0.25) is 5.02 Å². The van der Waals surface area contributed by atoms with Crippen LogP contribution < -0.4 is 5.32 Å². The zero-order chi connectivity index (χ0) is 18.6. The molecule has 0 saturated heterocycles. The number of nitrogens with one attached hydrogen (secondary N) is 1. The van der Waals surface area contributed by atoms with Crippen LogP contribution in [0.4, 0.5) is 15.8 Å². The molecule has 1 amide bonds. The molecule has 1 atom stereocenters. The normalized spacial score (nSPS) is 11.7. The highest BCUT2D eigenvalue weighted by molar-refractivity contribution is 6.32. The molecular formula is C17H17ClFN3O3. The summed E-state index contributed by atoms with van der Waals surface area (Å²) < 4.78 is 13.0. The van der Waals surface area contributed by atoms with Crippen molar-refractivity contribution in [2.24, 2.45) is 0 Å². The zero-order valence-electron chi connectivity index (χ0n) is 13.7. The number of carbonyl (C=O) groups is 1. The monoisotopic (exact) mass is 365 g/mol. The maximum Gasteiger partial charge on any atom is 0.289 e. The second-order valence-electron chi connectivity index (χ2n) is 5.51. The van der Waals surface area contributed by atoms with E-state index in [1.54, 1.807) is 25.2 Å². The van der Waals surface area contributed by atoms with Gasteiger partial charge >= 0.3 is 0 Å². The van der Waals surface area contributed by atoms with Crippen LogP contribution in [-0.2, 0) is 4.79 Å². The van der Waals surface area contributed by atoms with Crippen molar-refractivity contribution < 1.29 is 14.1 Å². The van der Waals surface area contributed by atoms with Gasteiger partial charge in [0.1, 0.15) is 10.8 Å². The first-order valence-electron chi connectivity index (χ1n) is 7.48. The third kappa shape index (κ3) is 4.67. The van der Waals surface area contributed by atoms with Crippen LogP contribution in [-0.4, -0.2) is 29.3 Å². The zero-order valence-corrected chi connectivity index (χ0v) is 14.5. The number of rotatable bonds is 6. The number of amides is 1. The number of carbonyl (C=O) groups excluding carboxylic acids is 1. The largest absolute Gasteiger partial charge is 0.376 e. The van der Waals surface area contributed by atoms with Crippen LogP contribution in [0.5, 0.6) is 0 Å². The van der Waals surface area contributed by atoms with Gasteiger partial charge in [0.05, 0.1) is 17.5 Å². The van der Waals surface area contributed by atoms with Crippen LogP contribution >= 0.6 is 11.6 Å². The molecule has 0 bridgehead atoms. The molecule has 0 radical (unpaired) electrons. The number of halogens is 2. The average Bonchev–Trinajstić information content (AvgIpc) is 2.59. The van der Waals surface area contributed by atoms with E-state index in [1.165, 1.54) is 29.2 Å². The number of nitro benzene ring substituents is 1. The molecule has 0 saturated carbocycles. The van der Waals surface area contributed by atoms with Crippen molar-refractivity contribution >= 4 is 28.9 Å². The van der Waals surface area contributed by atoms with Gasteiger partial charge in [-0.05, 0) is 36.8 Å². The van der Waals surface area contributed by atoms with Crippen molar-refractivity contribution in [3.63, 3.8) is 0 Å². The predicted molar refractivity (Wildman–Crippen MR) is 94.2 cm³/mol. The van der Waals surface area contributed by atoms with Crippen molar-refractivity contribution in [3.05, 3.63) is 69.0 Å². The molecule has 0 spiro atoms. The van der Waals surface area contributed by atoms with E-state index in [0.29, 0.717) is 5.69 Å². The number of benzene rings is 2. The molecule has 1 N–H and O–H groups in total. The van der Waals surface area contributed by atoms with Crippen LogP contribution in [0.3, 0.4) is 0 Å². The molecule has 6 nitrogen and oxygen atoms in total. The first-order chi connectivity index (χ1) is 11.8. The fraction of sp³-hybridized carbons (Fsp3) is 0.235. The summed E-state index contributed by atoms with van der Waals surface area (Å²) in [6.45, 7) is 1.79. The van der Waals surface area contributed by atoms with Gasteiger partial charge in [0.25, 0.3) is 5.69 Å². The van der Waals surface area contributed by atoms with Crippen molar-refractivity contribution in [1.29, 1.82) is 0 Å².